The molecule has 1 N–H and O–H groups in total. The van der Waals surface area contributed by atoms with E-state index in [0.29, 0.717) is 5.69 Å². The summed E-state index contributed by atoms with van der Waals surface area (Å²) in [5, 5.41) is 13.2. The second-order valence-electron chi connectivity index (χ2n) is 5.35. The predicted octanol–water partition coefficient (Wildman–Crippen LogP) is 3.04. The van der Waals surface area contributed by atoms with Crippen LogP contribution in [0.4, 0.5) is 11.4 Å². The minimum absolute atomic E-state index is 0.0949. The number of carbonyl (C=O) groups is 1. The Bertz CT molecular complexity index is 648. The molecule has 2 rings (SSSR count). The molecule has 1 atom stereocenters. The van der Waals surface area contributed by atoms with Gasteiger partial charge in [-0.25, -0.2) is 0 Å². The van der Waals surface area contributed by atoms with Crippen molar-refractivity contribution in [2.24, 2.45) is 0 Å². The van der Waals surface area contributed by atoms with Crippen LogP contribution in [0.2, 0.25) is 0 Å². The standard InChI is InChI=1S/C15H19N3O4S2/c1-10(24-15(23)17-7-3-4-8-17)14(19)16-12-6-5-11(18(20)21)9-13(12)22-2/h5-6,9-10H,3-4,7-8H2,1-2H3,(H,16,19)/t10-/m0/s1. The Balaban J connectivity index is 2.00. The number of thioether (sulfide) groups is 1. The molecule has 1 aromatic carbocycles. The number of ether oxygens (including phenoxy) is 1. The first kappa shape index (κ1) is 18.5. The van der Waals surface area contributed by atoms with Crippen LogP contribution in [0.25, 0.3) is 0 Å². The molecule has 7 nitrogen and oxygen atoms in total. The van der Waals surface area contributed by atoms with Gasteiger partial charge in [-0.3, -0.25) is 14.9 Å². The van der Waals surface area contributed by atoms with E-state index in [2.05, 4.69) is 10.2 Å². The van der Waals surface area contributed by atoms with E-state index < -0.39 is 4.92 Å². The van der Waals surface area contributed by atoms with Crippen LogP contribution in [-0.4, -0.2) is 45.5 Å². The Hall–Kier alpha value is -1.87. The Labute approximate surface area is 149 Å². The highest BCUT2D eigenvalue weighted by Crippen LogP contribution is 2.30. The van der Waals surface area contributed by atoms with Gasteiger partial charge in [0.2, 0.25) is 5.91 Å². The summed E-state index contributed by atoms with van der Waals surface area (Å²) in [6.45, 7) is 3.66. The number of hydrogen-bond donors (Lipinski definition) is 1. The van der Waals surface area contributed by atoms with Crippen LogP contribution >= 0.6 is 24.0 Å². The fourth-order valence-corrected chi connectivity index (χ4v) is 3.73. The number of non-ortho nitro benzene ring substituents is 1. The van der Waals surface area contributed by atoms with Crippen molar-refractivity contribution in [1.29, 1.82) is 0 Å². The molecule has 0 unspecified atom stereocenters. The second-order valence-corrected chi connectivity index (χ2v) is 7.33. The number of likely N-dealkylation sites (tertiary alicyclic amines) is 1. The third-order valence-electron chi connectivity index (χ3n) is 3.66. The summed E-state index contributed by atoms with van der Waals surface area (Å²) in [6, 6.07) is 4.07. The van der Waals surface area contributed by atoms with Crippen molar-refractivity contribution in [3.8, 4) is 5.75 Å². The highest BCUT2D eigenvalue weighted by Gasteiger charge is 2.22. The average Bonchev–Trinajstić information content (AvgIpc) is 3.09. The van der Waals surface area contributed by atoms with Crippen LogP contribution in [0, 0.1) is 10.1 Å². The molecule has 0 aliphatic carbocycles. The summed E-state index contributed by atoms with van der Waals surface area (Å²) in [5.74, 6) is 0.0190. The van der Waals surface area contributed by atoms with Crippen LogP contribution in [0.1, 0.15) is 19.8 Å². The molecule has 0 radical (unpaired) electrons. The molecule has 0 spiro atoms. The summed E-state index contributed by atoms with van der Waals surface area (Å²) < 4.78 is 5.85. The van der Waals surface area contributed by atoms with Gasteiger partial charge in [-0.15, -0.1) is 0 Å². The van der Waals surface area contributed by atoms with Crippen LogP contribution < -0.4 is 10.1 Å². The lowest BCUT2D eigenvalue weighted by atomic mass is 10.2. The van der Waals surface area contributed by atoms with Crippen LogP contribution in [0.5, 0.6) is 5.75 Å². The maximum Gasteiger partial charge on any atom is 0.273 e. The molecule has 0 saturated carbocycles. The monoisotopic (exact) mass is 369 g/mol. The highest BCUT2D eigenvalue weighted by molar-refractivity contribution is 8.23. The van der Waals surface area contributed by atoms with E-state index in [-0.39, 0.29) is 22.6 Å². The number of carbonyl (C=O) groups excluding carboxylic acids is 1. The normalized spacial score (nSPS) is 15.0. The second kappa shape index (κ2) is 8.29. The lowest BCUT2D eigenvalue weighted by Gasteiger charge is -2.20. The minimum Gasteiger partial charge on any atom is -0.494 e. The topological polar surface area (TPSA) is 84.7 Å². The van der Waals surface area contributed by atoms with Crippen molar-refractivity contribution in [2.75, 3.05) is 25.5 Å². The van der Waals surface area contributed by atoms with Gasteiger partial charge < -0.3 is 15.0 Å². The van der Waals surface area contributed by atoms with Crippen LogP contribution in [-0.2, 0) is 4.79 Å². The zero-order valence-electron chi connectivity index (χ0n) is 13.5. The minimum atomic E-state index is -0.513. The average molecular weight is 369 g/mol. The number of benzene rings is 1. The molecule has 1 heterocycles. The van der Waals surface area contributed by atoms with Crippen molar-refractivity contribution in [3.63, 3.8) is 0 Å². The SMILES string of the molecule is COc1cc([N+](=O)[O-])ccc1NC(=O)[C@H](C)SC(=S)N1CCCC1. The Morgan fingerprint density at radius 1 is 1.46 bits per heavy atom. The number of thiocarbonyl (C=S) groups is 1. The molecular formula is C15H19N3O4S2. The van der Waals surface area contributed by atoms with E-state index in [4.69, 9.17) is 17.0 Å². The number of amides is 1. The largest absolute Gasteiger partial charge is 0.494 e. The van der Waals surface area contributed by atoms with E-state index in [1.807, 2.05) is 0 Å². The maximum absolute atomic E-state index is 12.4. The van der Waals surface area contributed by atoms with Crippen LogP contribution in [0.3, 0.4) is 0 Å². The summed E-state index contributed by atoms with van der Waals surface area (Å²) >= 11 is 6.72. The number of nitrogens with one attached hydrogen (secondary N) is 1. The van der Waals surface area contributed by atoms with E-state index in [1.165, 1.54) is 37.1 Å². The highest BCUT2D eigenvalue weighted by atomic mass is 32.2. The zero-order chi connectivity index (χ0) is 17.7. The molecule has 1 aliphatic heterocycles. The third kappa shape index (κ3) is 4.57. The predicted molar refractivity (Wildman–Crippen MR) is 98.7 cm³/mol. The van der Waals surface area contributed by atoms with Gasteiger partial charge in [0.25, 0.3) is 5.69 Å². The lowest BCUT2D eigenvalue weighted by Crippen LogP contribution is -2.29. The summed E-state index contributed by atoms with van der Waals surface area (Å²) in [4.78, 5) is 24.7. The molecule has 0 aromatic heterocycles. The number of nitro groups is 1. The van der Waals surface area contributed by atoms with Gasteiger partial charge in [0.05, 0.1) is 29.0 Å². The Morgan fingerprint density at radius 2 is 2.12 bits per heavy atom. The fourth-order valence-electron chi connectivity index (χ4n) is 2.31. The van der Waals surface area contributed by atoms with E-state index in [1.54, 1.807) is 6.92 Å². The molecular weight excluding hydrogens is 350 g/mol. The van der Waals surface area contributed by atoms with Gasteiger partial charge in [-0.2, -0.15) is 0 Å². The quantitative estimate of drug-likeness (QED) is 0.485. The number of methoxy groups -OCH3 is 1. The first-order valence-corrected chi connectivity index (χ1v) is 8.80. The number of hydrogen-bond acceptors (Lipinski definition) is 6. The van der Waals surface area contributed by atoms with Gasteiger partial charge in [-0.05, 0) is 25.8 Å². The lowest BCUT2D eigenvalue weighted by molar-refractivity contribution is -0.384. The Kier molecular flexibility index (Phi) is 6.38. The zero-order valence-corrected chi connectivity index (χ0v) is 15.1. The summed E-state index contributed by atoms with van der Waals surface area (Å²) in [7, 11) is 1.40. The van der Waals surface area contributed by atoms with Crippen molar-refractivity contribution in [3.05, 3.63) is 28.3 Å². The molecule has 9 heteroatoms. The van der Waals surface area contributed by atoms with Crippen molar-refractivity contribution in [1.82, 2.24) is 4.90 Å². The fraction of sp³-hybridized carbons (Fsp3) is 0.467. The molecule has 1 aromatic rings. The van der Waals surface area contributed by atoms with Gasteiger partial charge in [0.15, 0.2) is 0 Å². The van der Waals surface area contributed by atoms with E-state index in [0.717, 1.165) is 30.3 Å². The third-order valence-corrected chi connectivity index (χ3v) is 5.24. The van der Waals surface area contributed by atoms with Gasteiger partial charge in [0.1, 0.15) is 10.1 Å². The van der Waals surface area contributed by atoms with Crippen molar-refractivity contribution >= 4 is 45.6 Å². The first-order chi connectivity index (χ1) is 11.4. The molecule has 1 fully saturated rings. The van der Waals surface area contributed by atoms with Gasteiger partial charge >= 0.3 is 0 Å². The van der Waals surface area contributed by atoms with Crippen molar-refractivity contribution < 1.29 is 14.5 Å². The Morgan fingerprint density at radius 3 is 2.71 bits per heavy atom. The summed E-state index contributed by atoms with van der Waals surface area (Å²) in [6.07, 6.45) is 2.25. The molecule has 1 amide bonds. The number of rotatable bonds is 5. The molecule has 1 aliphatic rings. The van der Waals surface area contributed by atoms with Crippen molar-refractivity contribution in [2.45, 2.75) is 25.0 Å². The van der Waals surface area contributed by atoms with E-state index >= 15 is 0 Å². The van der Waals surface area contributed by atoms with E-state index in [9.17, 15) is 14.9 Å². The smallest absolute Gasteiger partial charge is 0.273 e. The van der Waals surface area contributed by atoms with Gasteiger partial charge in [-0.1, -0.05) is 24.0 Å². The maximum atomic E-state index is 12.4. The first-order valence-electron chi connectivity index (χ1n) is 7.51. The summed E-state index contributed by atoms with van der Waals surface area (Å²) in [5.41, 5.74) is 0.301. The molecule has 1 saturated heterocycles. The molecule has 130 valence electrons. The molecule has 24 heavy (non-hydrogen) atoms. The number of nitrogens with zero attached hydrogens (tertiary/aromatic N) is 2. The number of anilines is 1. The molecule has 0 bridgehead atoms. The van der Waals surface area contributed by atoms with Gasteiger partial charge in [0, 0.05) is 19.2 Å². The number of nitro benzene ring substituents is 1. The van der Waals surface area contributed by atoms with Crippen LogP contribution in [0.15, 0.2) is 18.2 Å².